The lowest BCUT2D eigenvalue weighted by molar-refractivity contribution is -0.116. The second-order valence-corrected chi connectivity index (χ2v) is 6.10. The van der Waals surface area contributed by atoms with Crippen molar-refractivity contribution in [1.82, 2.24) is 4.90 Å². The van der Waals surface area contributed by atoms with Crippen molar-refractivity contribution in [3.63, 3.8) is 0 Å². The SMILES string of the molecule is CCC(C)N1C(=O)c2cccc(NC(=O)CCCBr)c2C1=O. The lowest BCUT2D eigenvalue weighted by atomic mass is 10.1. The standard InChI is InChI=1S/C16H19BrN2O3/c1-3-10(2)19-15(21)11-6-4-7-12(14(11)16(19)22)18-13(20)8-5-9-17/h4,6-7,10H,3,5,8-9H2,1-2H3,(H,18,20). The summed E-state index contributed by atoms with van der Waals surface area (Å²) in [5, 5.41) is 3.49. The Labute approximate surface area is 138 Å². The van der Waals surface area contributed by atoms with E-state index in [-0.39, 0.29) is 23.8 Å². The molecule has 0 fully saturated rings. The lowest BCUT2D eigenvalue weighted by Crippen LogP contribution is -2.37. The van der Waals surface area contributed by atoms with Gasteiger partial charge in [-0.05, 0) is 31.9 Å². The summed E-state index contributed by atoms with van der Waals surface area (Å²) in [5.74, 6) is -0.772. The third-order valence-electron chi connectivity index (χ3n) is 3.79. The summed E-state index contributed by atoms with van der Waals surface area (Å²) < 4.78 is 0. The van der Waals surface area contributed by atoms with Crippen LogP contribution in [0.3, 0.4) is 0 Å². The summed E-state index contributed by atoms with van der Waals surface area (Å²) in [4.78, 5) is 38.1. The highest BCUT2D eigenvalue weighted by molar-refractivity contribution is 9.09. The van der Waals surface area contributed by atoms with Crippen LogP contribution in [0.5, 0.6) is 0 Å². The van der Waals surface area contributed by atoms with Gasteiger partial charge in [-0.25, -0.2) is 0 Å². The van der Waals surface area contributed by atoms with Crippen molar-refractivity contribution in [3.05, 3.63) is 29.3 Å². The van der Waals surface area contributed by atoms with Crippen molar-refractivity contribution in [2.75, 3.05) is 10.6 Å². The summed E-state index contributed by atoms with van der Waals surface area (Å²) in [6, 6.07) is 4.82. The number of halogens is 1. The number of amides is 3. The predicted molar refractivity (Wildman–Crippen MR) is 88.4 cm³/mol. The molecular formula is C16H19BrN2O3. The van der Waals surface area contributed by atoms with Gasteiger partial charge in [0.25, 0.3) is 11.8 Å². The molecule has 0 aliphatic carbocycles. The molecule has 22 heavy (non-hydrogen) atoms. The van der Waals surface area contributed by atoms with E-state index in [0.717, 1.165) is 5.33 Å². The first-order valence-corrected chi connectivity index (χ1v) is 8.50. The maximum atomic E-state index is 12.6. The van der Waals surface area contributed by atoms with Gasteiger partial charge in [-0.1, -0.05) is 28.9 Å². The molecule has 3 amide bonds. The van der Waals surface area contributed by atoms with Gasteiger partial charge < -0.3 is 5.32 Å². The van der Waals surface area contributed by atoms with E-state index in [1.807, 2.05) is 13.8 Å². The molecule has 1 aliphatic rings. The number of anilines is 1. The number of carbonyl (C=O) groups excluding carboxylic acids is 3. The average molecular weight is 367 g/mol. The zero-order valence-corrected chi connectivity index (χ0v) is 14.3. The van der Waals surface area contributed by atoms with Gasteiger partial charge in [0.1, 0.15) is 0 Å². The minimum Gasteiger partial charge on any atom is -0.325 e. The smallest absolute Gasteiger partial charge is 0.263 e. The summed E-state index contributed by atoms with van der Waals surface area (Å²) in [7, 11) is 0. The summed E-state index contributed by atoms with van der Waals surface area (Å²) in [6.45, 7) is 3.77. The van der Waals surface area contributed by atoms with Crippen LogP contribution in [-0.4, -0.2) is 34.0 Å². The molecule has 1 aliphatic heterocycles. The summed E-state index contributed by atoms with van der Waals surface area (Å²) in [6.07, 6.45) is 1.78. The largest absolute Gasteiger partial charge is 0.325 e. The topological polar surface area (TPSA) is 66.5 Å². The van der Waals surface area contributed by atoms with E-state index in [2.05, 4.69) is 21.2 Å². The highest BCUT2D eigenvalue weighted by atomic mass is 79.9. The van der Waals surface area contributed by atoms with E-state index in [9.17, 15) is 14.4 Å². The molecule has 0 aromatic heterocycles. The predicted octanol–water partition coefficient (Wildman–Crippen LogP) is 3.19. The summed E-state index contributed by atoms with van der Waals surface area (Å²) in [5.41, 5.74) is 1.09. The Morgan fingerprint density at radius 1 is 1.32 bits per heavy atom. The van der Waals surface area contributed by atoms with Crippen LogP contribution in [0.2, 0.25) is 0 Å². The Morgan fingerprint density at radius 2 is 2.05 bits per heavy atom. The monoisotopic (exact) mass is 366 g/mol. The molecule has 1 aromatic rings. The maximum absolute atomic E-state index is 12.6. The van der Waals surface area contributed by atoms with Crippen LogP contribution < -0.4 is 5.32 Å². The number of carbonyl (C=O) groups is 3. The van der Waals surface area contributed by atoms with Gasteiger partial charge in [-0.2, -0.15) is 0 Å². The highest BCUT2D eigenvalue weighted by Crippen LogP contribution is 2.31. The third-order valence-corrected chi connectivity index (χ3v) is 4.35. The molecule has 0 saturated heterocycles. The van der Waals surface area contributed by atoms with E-state index in [0.29, 0.717) is 36.1 Å². The van der Waals surface area contributed by atoms with Crippen LogP contribution in [0.1, 0.15) is 53.8 Å². The molecule has 0 spiro atoms. The number of imide groups is 1. The minimum atomic E-state index is -0.328. The number of hydrogen-bond acceptors (Lipinski definition) is 3. The second kappa shape index (κ2) is 7.05. The lowest BCUT2D eigenvalue weighted by Gasteiger charge is -2.20. The summed E-state index contributed by atoms with van der Waals surface area (Å²) >= 11 is 3.28. The number of alkyl halides is 1. The van der Waals surface area contributed by atoms with Gasteiger partial charge in [0.05, 0.1) is 16.8 Å². The van der Waals surface area contributed by atoms with E-state index in [1.54, 1.807) is 18.2 Å². The number of benzene rings is 1. The second-order valence-electron chi connectivity index (χ2n) is 5.31. The first-order valence-electron chi connectivity index (χ1n) is 7.38. The first kappa shape index (κ1) is 16.7. The number of nitrogens with zero attached hydrogens (tertiary/aromatic N) is 1. The van der Waals surface area contributed by atoms with E-state index >= 15 is 0 Å². The van der Waals surface area contributed by atoms with Crippen molar-refractivity contribution < 1.29 is 14.4 Å². The van der Waals surface area contributed by atoms with E-state index in [4.69, 9.17) is 0 Å². The molecule has 0 radical (unpaired) electrons. The van der Waals surface area contributed by atoms with Crippen molar-refractivity contribution >= 4 is 39.3 Å². The van der Waals surface area contributed by atoms with Crippen LogP contribution in [0.25, 0.3) is 0 Å². The molecule has 118 valence electrons. The molecule has 1 aromatic carbocycles. The average Bonchev–Trinajstić information content (AvgIpc) is 2.77. The van der Waals surface area contributed by atoms with Crippen molar-refractivity contribution in [1.29, 1.82) is 0 Å². The Kier molecular flexibility index (Phi) is 5.34. The fourth-order valence-corrected chi connectivity index (χ4v) is 2.71. The maximum Gasteiger partial charge on any atom is 0.263 e. The molecule has 1 unspecified atom stereocenters. The zero-order chi connectivity index (χ0) is 16.3. The van der Waals surface area contributed by atoms with Crippen LogP contribution in [0, 0.1) is 0 Å². The molecule has 6 heteroatoms. The Balaban J connectivity index is 2.31. The molecule has 1 heterocycles. The van der Waals surface area contributed by atoms with Gasteiger partial charge in [-0.3, -0.25) is 19.3 Å². The quantitative estimate of drug-likeness (QED) is 0.620. The molecule has 1 N–H and O–H groups in total. The van der Waals surface area contributed by atoms with Crippen LogP contribution in [0.15, 0.2) is 18.2 Å². The van der Waals surface area contributed by atoms with Gasteiger partial charge in [0.2, 0.25) is 5.91 Å². The Morgan fingerprint density at radius 3 is 2.68 bits per heavy atom. The fraction of sp³-hybridized carbons (Fsp3) is 0.438. The number of rotatable bonds is 6. The number of fused-ring (bicyclic) bond motifs is 1. The Bertz CT molecular complexity index is 615. The Hall–Kier alpha value is -1.69. The van der Waals surface area contributed by atoms with Crippen LogP contribution in [-0.2, 0) is 4.79 Å². The van der Waals surface area contributed by atoms with E-state index in [1.165, 1.54) is 4.90 Å². The zero-order valence-electron chi connectivity index (χ0n) is 12.7. The van der Waals surface area contributed by atoms with Gasteiger partial charge in [0, 0.05) is 17.8 Å². The van der Waals surface area contributed by atoms with Crippen molar-refractivity contribution in [2.24, 2.45) is 0 Å². The molecule has 1 atom stereocenters. The fourth-order valence-electron chi connectivity index (χ4n) is 2.43. The normalized spacial score (nSPS) is 15.0. The molecule has 0 saturated carbocycles. The van der Waals surface area contributed by atoms with Crippen LogP contribution >= 0.6 is 15.9 Å². The van der Waals surface area contributed by atoms with Crippen molar-refractivity contribution in [2.45, 2.75) is 39.2 Å². The van der Waals surface area contributed by atoms with Gasteiger partial charge >= 0.3 is 0 Å². The molecule has 5 nitrogen and oxygen atoms in total. The minimum absolute atomic E-state index is 0.157. The van der Waals surface area contributed by atoms with Crippen molar-refractivity contribution in [3.8, 4) is 0 Å². The van der Waals surface area contributed by atoms with Gasteiger partial charge in [-0.15, -0.1) is 0 Å². The highest BCUT2D eigenvalue weighted by Gasteiger charge is 2.39. The third kappa shape index (κ3) is 3.06. The van der Waals surface area contributed by atoms with Crippen LogP contribution in [0.4, 0.5) is 5.69 Å². The number of hydrogen-bond donors (Lipinski definition) is 1. The molecule has 0 bridgehead atoms. The molecule has 2 rings (SSSR count). The van der Waals surface area contributed by atoms with E-state index < -0.39 is 0 Å². The van der Waals surface area contributed by atoms with Gasteiger partial charge in [0.15, 0.2) is 0 Å². The number of nitrogens with one attached hydrogen (secondary N) is 1. The first-order chi connectivity index (χ1) is 10.5. The molecular weight excluding hydrogens is 348 g/mol.